The van der Waals surface area contributed by atoms with Crippen LogP contribution in [0.25, 0.3) is 0 Å². The Balaban J connectivity index is 4.12. The number of nitrogens with one attached hydrogen (secondary N) is 2. The first-order valence-corrected chi connectivity index (χ1v) is 4.79. The maximum absolute atomic E-state index is 11.2. The van der Waals surface area contributed by atoms with Gasteiger partial charge in [0.2, 0.25) is 5.91 Å². The van der Waals surface area contributed by atoms with Crippen LogP contribution >= 0.6 is 0 Å². The molecule has 94 valence electrons. The molecule has 0 fully saturated rings. The number of hydrogen-bond donors (Lipinski definition) is 3. The Morgan fingerprint density at radius 1 is 1.41 bits per heavy atom. The summed E-state index contributed by atoms with van der Waals surface area (Å²) >= 11 is 0. The molecule has 1 unspecified atom stereocenters. The van der Waals surface area contributed by atoms with E-state index in [2.05, 4.69) is 16.6 Å². The predicted octanol–water partition coefficient (Wildman–Crippen LogP) is -1.15. The molecule has 3 amide bonds. The summed E-state index contributed by atoms with van der Waals surface area (Å²) in [5.74, 6) is 0.612. The van der Waals surface area contributed by atoms with E-state index in [1.165, 1.54) is 4.90 Å². The molecule has 7 nitrogen and oxygen atoms in total. The van der Waals surface area contributed by atoms with E-state index < -0.39 is 18.0 Å². The van der Waals surface area contributed by atoms with Gasteiger partial charge in [0.15, 0.2) is 0 Å². The Labute approximate surface area is 99.2 Å². The highest BCUT2D eigenvalue weighted by Crippen LogP contribution is 1.90. The molecule has 0 heterocycles. The summed E-state index contributed by atoms with van der Waals surface area (Å²) < 4.78 is 0. The minimum absolute atomic E-state index is 0.121. The summed E-state index contributed by atoms with van der Waals surface area (Å²) in [5, 5.41) is 13.1. The van der Waals surface area contributed by atoms with Gasteiger partial charge in [-0.1, -0.05) is 0 Å². The predicted molar refractivity (Wildman–Crippen MR) is 60.1 cm³/mol. The minimum atomic E-state index is -1.22. The van der Waals surface area contributed by atoms with Crippen LogP contribution in [0.3, 0.4) is 0 Å². The fraction of sp³-hybridized carbons (Fsp3) is 0.500. The van der Waals surface area contributed by atoms with Crippen molar-refractivity contribution in [2.75, 3.05) is 20.6 Å². The lowest BCUT2D eigenvalue weighted by atomic mass is 10.2. The van der Waals surface area contributed by atoms with Gasteiger partial charge in [-0.2, -0.15) is 0 Å². The number of nitrogens with zero attached hydrogens (tertiary/aromatic N) is 1. The molecule has 1 atom stereocenters. The van der Waals surface area contributed by atoms with Crippen LogP contribution < -0.4 is 10.6 Å². The third-order valence-corrected chi connectivity index (χ3v) is 1.82. The molecular formula is C10H15N3O4. The van der Waals surface area contributed by atoms with E-state index in [-0.39, 0.29) is 18.9 Å². The lowest BCUT2D eigenvalue weighted by molar-refractivity contribution is -0.139. The maximum atomic E-state index is 11.2. The fourth-order valence-electron chi connectivity index (χ4n) is 0.841. The van der Waals surface area contributed by atoms with Crippen LogP contribution in [0.15, 0.2) is 0 Å². The molecular weight excluding hydrogens is 226 g/mol. The third-order valence-electron chi connectivity index (χ3n) is 1.82. The summed E-state index contributed by atoms with van der Waals surface area (Å²) in [5.41, 5.74) is 0. The molecule has 0 aromatic carbocycles. The second kappa shape index (κ2) is 7.11. The molecule has 7 heteroatoms. The zero-order valence-corrected chi connectivity index (χ0v) is 9.69. The molecule has 3 N–H and O–H groups in total. The van der Waals surface area contributed by atoms with E-state index >= 15 is 0 Å². The second-order valence-corrected chi connectivity index (χ2v) is 3.41. The SMILES string of the molecule is C#CCC(NC(=O)NCC(=O)N(C)C)C(=O)O. The van der Waals surface area contributed by atoms with Crippen LogP contribution in [-0.4, -0.2) is 54.6 Å². The molecule has 0 aliphatic carbocycles. The first-order chi connectivity index (χ1) is 7.88. The van der Waals surface area contributed by atoms with Crippen LogP contribution in [-0.2, 0) is 9.59 Å². The van der Waals surface area contributed by atoms with Crippen molar-refractivity contribution < 1.29 is 19.5 Å². The lowest BCUT2D eigenvalue weighted by Crippen LogP contribution is -2.48. The molecule has 0 aliphatic heterocycles. The Kier molecular flexibility index (Phi) is 6.18. The molecule has 0 rings (SSSR count). The van der Waals surface area contributed by atoms with Gasteiger partial charge >= 0.3 is 12.0 Å². The van der Waals surface area contributed by atoms with Crippen molar-refractivity contribution in [1.29, 1.82) is 0 Å². The van der Waals surface area contributed by atoms with Crippen LogP contribution in [0.4, 0.5) is 4.79 Å². The van der Waals surface area contributed by atoms with Crippen molar-refractivity contribution in [3.8, 4) is 12.3 Å². The van der Waals surface area contributed by atoms with Gasteiger partial charge in [-0.05, 0) is 0 Å². The minimum Gasteiger partial charge on any atom is -0.480 e. The smallest absolute Gasteiger partial charge is 0.327 e. The second-order valence-electron chi connectivity index (χ2n) is 3.41. The van der Waals surface area contributed by atoms with E-state index in [1.54, 1.807) is 14.1 Å². The van der Waals surface area contributed by atoms with Crippen LogP contribution in [0.1, 0.15) is 6.42 Å². The quantitative estimate of drug-likeness (QED) is 0.529. The van der Waals surface area contributed by atoms with E-state index in [9.17, 15) is 14.4 Å². The zero-order chi connectivity index (χ0) is 13.4. The monoisotopic (exact) mass is 241 g/mol. The zero-order valence-electron chi connectivity index (χ0n) is 9.69. The van der Waals surface area contributed by atoms with E-state index in [4.69, 9.17) is 11.5 Å². The number of terminal acetylenes is 1. The Morgan fingerprint density at radius 2 is 2.00 bits per heavy atom. The Hall–Kier alpha value is -2.23. The van der Waals surface area contributed by atoms with E-state index in [1.807, 2.05) is 0 Å². The normalized spacial score (nSPS) is 10.9. The van der Waals surface area contributed by atoms with Crippen LogP contribution in [0, 0.1) is 12.3 Å². The standard InChI is InChI=1S/C10H15N3O4/c1-4-5-7(9(15)16)12-10(17)11-6-8(14)13(2)3/h1,7H,5-6H2,2-3H3,(H,15,16)(H2,11,12,17). The molecule has 0 saturated heterocycles. The first-order valence-electron chi connectivity index (χ1n) is 4.79. The summed E-state index contributed by atoms with van der Waals surface area (Å²) in [6, 6.07) is -1.91. The van der Waals surface area contributed by atoms with Crippen molar-refractivity contribution in [2.45, 2.75) is 12.5 Å². The van der Waals surface area contributed by atoms with Crippen molar-refractivity contribution in [3.05, 3.63) is 0 Å². The molecule has 0 bridgehead atoms. The average molecular weight is 241 g/mol. The summed E-state index contributed by atoms with van der Waals surface area (Å²) in [7, 11) is 3.08. The van der Waals surface area contributed by atoms with Gasteiger partial charge in [0.25, 0.3) is 0 Å². The van der Waals surface area contributed by atoms with Gasteiger partial charge in [-0.15, -0.1) is 12.3 Å². The van der Waals surface area contributed by atoms with Gasteiger partial charge in [0.05, 0.1) is 6.54 Å². The molecule has 0 aromatic heterocycles. The molecule has 0 saturated carbocycles. The van der Waals surface area contributed by atoms with Crippen molar-refractivity contribution in [3.63, 3.8) is 0 Å². The Bertz CT molecular complexity index is 346. The third kappa shape index (κ3) is 6.04. The van der Waals surface area contributed by atoms with Crippen molar-refractivity contribution >= 4 is 17.9 Å². The highest BCUT2D eigenvalue weighted by molar-refractivity contribution is 5.86. The molecule has 0 spiro atoms. The van der Waals surface area contributed by atoms with Crippen molar-refractivity contribution in [2.24, 2.45) is 0 Å². The summed E-state index contributed by atoms with van der Waals surface area (Å²) in [6.07, 6.45) is 4.84. The highest BCUT2D eigenvalue weighted by Gasteiger charge is 2.18. The fourth-order valence-corrected chi connectivity index (χ4v) is 0.841. The van der Waals surface area contributed by atoms with Crippen LogP contribution in [0.2, 0.25) is 0 Å². The largest absolute Gasteiger partial charge is 0.480 e. The molecule has 17 heavy (non-hydrogen) atoms. The van der Waals surface area contributed by atoms with Gasteiger partial charge in [-0.3, -0.25) is 4.79 Å². The van der Waals surface area contributed by atoms with Gasteiger partial charge < -0.3 is 20.6 Å². The summed E-state index contributed by atoms with van der Waals surface area (Å²) in [6.45, 7) is -0.207. The molecule has 0 aromatic rings. The number of hydrogen-bond acceptors (Lipinski definition) is 3. The first kappa shape index (κ1) is 14.8. The Morgan fingerprint density at radius 3 is 2.41 bits per heavy atom. The number of likely N-dealkylation sites (N-methyl/N-ethyl adjacent to an activating group) is 1. The number of carbonyl (C=O) groups is 3. The van der Waals surface area contributed by atoms with Gasteiger partial charge in [-0.25, -0.2) is 9.59 Å². The average Bonchev–Trinajstić information content (AvgIpc) is 2.24. The van der Waals surface area contributed by atoms with E-state index in [0.29, 0.717) is 0 Å². The number of urea groups is 1. The molecule has 0 aliphatic rings. The highest BCUT2D eigenvalue weighted by atomic mass is 16.4. The van der Waals surface area contributed by atoms with Crippen molar-refractivity contribution in [1.82, 2.24) is 15.5 Å². The number of amides is 3. The topological polar surface area (TPSA) is 98.7 Å². The van der Waals surface area contributed by atoms with Crippen LogP contribution in [0.5, 0.6) is 0 Å². The number of carboxylic acids is 1. The maximum Gasteiger partial charge on any atom is 0.327 e. The van der Waals surface area contributed by atoms with Gasteiger partial charge in [0, 0.05) is 20.5 Å². The number of carboxylic acid groups (broad SMARTS) is 1. The van der Waals surface area contributed by atoms with Gasteiger partial charge in [0.1, 0.15) is 6.04 Å². The number of rotatable bonds is 5. The molecule has 0 radical (unpaired) electrons. The number of carbonyl (C=O) groups excluding carboxylic acids is 2. The number of aliphatic carboxylic acids is 1. The lowest BCUT2D eigenvalue weighted by Gasteiger charge is -2.14. The summed E-state index contributed by atoms with van der Waals surface area (Å²) in [4.78, 5) is 34.3. The van der Waals surface area contributed by atoms with E-state index in [0.717, 1.165) is 0 Å².